The third-order valence-corrected chi connectivity index (χ3v) is 1.87. The zero-order valence-corrected chi connectivity index (χ0v) is 6.93. The van der Waals surface area contributed by atoms with Gasteiger partial charge in [-0.05, 0) is 6.07 Å². The Morgan fingerprint density at radius 3 is 3.00 bits per heavy atom. The van der Waals surface area contributed by atoms with Gasteiger partial charge in [-0.2, -0.15) is 0 Å². The van der Waals surface area contributed by atoms with E-state index in [9.17, 15) is 4.79 Å². The second kappa shape index (κ2) is 2.55. The van der Waals surface area contributed by atoms with Gasteiger partial charge in [0.05, 0.1) is 17.2 Å². The van der Waals surface area contributed by atoms with Gasteiger partial charge in [0.25, 0.3) is 0 Å². The first-order chi connectivity index (χ1) is 6.20. The minimum Gasteiger partial charge on any atom is -0.475 e. The van der Waals surface area contributed by atoms with Gasteiger partial charge < -0.3 is 9.67 Å². The summed E-state index contributed by atoms with van der Waals surface area (Å²) in [5.41, 5.74) is 1.37. The molecule has 0 fully saturated rings. The van der Waals surface area contributed by atoms with Gasteiger partial charge in [-0.3, -0.25) is 4.98 Å². The average Bonchev–Trinajstić information content (AvgIpc) is 2.45. The van der Waals surface area contributed by atoms with Crippen LogP contribution in [0.2, 0.25) is 0 Å². The van der Waals surface area contributed by atoms with Crippen LogP contribution in [0.3, 0.4) is 0 Å². The van der Waals surface area contributed by atoms with Gasteiger partial charge in [-0.15, -0.1) is 0 Å². The van der Waals surface area contributed by atoms with E-state index in [2.05, 4.69) is 9.97 Å². The Morgan fingerprint density at radius 2 is 2.38 bits per heavy atom. The second-order valence-electron chi connectivity index (χ2n) is 2.66. The van der Waals surface area contributed by atoms with Crippen LogP contribution in [0, 0.1) is 0 Å². The number of hydrogen-bond acceptors (Lipinski definition) is 3. The third kappa shape index (κ3) is 1.05. The number of carbonyl (C=O) groups is 1. The first-order valence-electron chi connectivity index (χ1n) is 3.70. The minimum atomic E-state index is -1.03. The molecular formula is C8H7N3O2. The highest BCUT2D eigenvalue weighted by atomic mass is 16.4. The van der Waals surface area contributed by atoms with Crippen molar-refractivity contribution >= 4 is 17.0 Å². The third-order valence-electron chi connectivity index (χ3n) is 1.87. The molecule has 0 saturated heterocycles. The van der Waals surface area contributed by atoms with E-state index in [0.717, 1.165) is 5.52 Å². The molecule has 5 nitrogen and oxygen atoms in total. The molecule has 0 bridgehead atoms. The van der Waals surface area contributed by atoms with Crippen LogP contribution in [-0.2, 0) is 7.05 Å². The van der Waals surface area contributed by atoms with Crippen LogP contribution in [-0.4, -0.2) is 25.6 Å². The predicted molar refractivity (Wildman–Crippen MR) is 45.5 cm³/mol. The number of aromatic nitrogens is 3. The molecule has 0 spiro atoms. The van der Waals surface area contributed by atoms with Crippen molar-refractivity contribution < 1.29 is 9.90 Å². The van der Waals surface area contributed by atoms with Crippen molar-refractivity contribution in [2.45, 2.75) is 0 Å². The maximum Gasteiger partial charge on any atom is 0.372 e. The molecule has 0 aliphatic rings. The number of pyridine rings is 1. The zero-order valence-electron chi connectivity index (χ0n) is 6.93. The lowest BCUT2D eigenvalue weighted by molar-refractivity contribution is 0.0680. The summed E-state index contributed by atoms with van der Waals surface area (Å²) in [6, 6.07) is 1.68. The Hall–Kier alpha value is -1.91. The fourth-order valence-corrected chi connectivity index (χ4v) is 1.23. The van der Waals surface area contributed by atoms with Crippen molar-refractivity contribution in [3.05, 3.63) is 24.3 Å². The summed E-state index contributed by atoms with van der Waals surface area (Å²) in [7, 11) is 1.65. The fraction of sp³-hybridized carbons (Fsp3) is 0.125. The van der Waals surface area contributed by atoms with Crippen molar-refractivity contribution in [1.29, 1.82) is 0 Å². The Kier molecular flexibility index (Phi) is 1.51. The summed E-state index contributed by atoms with van der Waals surface area (Å²) < 4.78 is 1.50. The van der Waals surface area contributed by atoms with Crippen LogP contribution in [0.15, 0.2) is 18.5 Å². The van der Waals surface area contributed by atoms with E-state index in [1.165, 1.54) is 4.57 Å². The summed E-state index contributed by atoms with van der Waals surface area (Å²) in [5.74, 6) is -0.998. The molecule has 0 amide bonds. The van der Waals surface area contributed by atoms with Crippen LogP contribution in [0.4, 0.5) is 0 Å². The van der Waals surface area contributed by atoms with E-state index in [4.69, 9.17) is 5.11 Å². The molecule has 0 saturated carbocycles. The molecule has 2 rings (SSSR count). The molecule has 13 heavy (non-hydrogen) atoms. The van der Waals surface area contributed by atoms with Crippen LogP contribution >= 0.6 is 0 Å². The normalized spacial score (nSPS) is 10.5. The number of aryl methyl sites for hydroxylation is 1. The summed E-state index contributed by atoms with van der Waals surface area (Å²) >= 11 is 0. The van der Waals surface area contributed by atoms with Gasteiger partial charge in [0.15, 0.2) is 0 Å². The van der Waals surface area contributed by atoms with E-state index in [1.54, 1.807) is 25.5 Å². The number of carboxylic acids is 1. The molecule has 0 aliphatic carbocycles. The number of rotatable bonds is 1. The largest absolute Gasteiger partial charge is 0.475 e. The molecular weight excluding hydrogens is 170 g/mol. The van der Waals surface area contributed by atoms with Crippen molar-refractivity contribution in [2.24, 2.45) is 7.05 Å². The average molecular weight is 177 g/mol. The molecule has 2 heterocycles. The standard InChI is InChI=1S/C8H7N3O2/c1-11-6-4-9-3-2-5(6)10-7(11)8(12)13/h2-4H,1H3,(H,12,13). The lowest BCUT2D eigenvalue weighted by Crippen LogP contribution is -2.05. The smallest absolute Gasteiger partial charge is 0.372 e. The van der Waals surface area contributed by atoms with E-state index in [1.807, 2.05) is 0 Å². The van der Waals surface area contributed by atoms with Crippen molar-refractivity contribution in [3.8, 4) is 0 Å². The number of aromatic carboxylic acids is 1. The molecule has 5 heteroatoms. The van der Waals surface area contributed by atoms with Gasteiger partial charge in [0.1, 0.15) is 0 Å². The Bertz CT molecular complexity index is 475. The molecule has 2 aromatic rings. The van der Waals surface area contributed by atoms with Crippen molar-refractivity contribution in [2.75, 3.05) is 0 Å². The minimum absolute atomic E-state index is 0.0306. The highest BCUT2D eigenvalue weighted by Crippen LogP contribution is 2.12. The number of hydrogen-bond donors (Lipinski definition) is 1. The maximum absolute atomic E-state index is 10.7. The van der Waals surface area contributed by atoms with Crippen LogP contribution < -0.4 is 0 Å². The van der Waals surface area contributed by atoms with Crippen molar-refractivity contribution in [3.63, 3.8) is 0 Å². The molecule has 0 radical (unpaired) electrons. The molecule has 1 N–H and O–H groups in total. The number of fused-ring (bicyclic) bond motifs is 1. The van der Waals surface area contributed by atoms with Gasteiger partial charge in [-0.1, -0.05) is 0 Å². The monoisotopic (exact) mass is 177 g/mol. The Labute approximate surface area is 73.7 Å². The summed E-state index contributed by atoms with van der Waals surface area (Å²) in [6.45, 7) is 0. The van der Waals surface area contributed by atoms with Gasteiger partial charge in [0.2, 0.25) is 5.82 Å². The topological polar surface area (TPSA) is 68.0 Å². The number of carboxylic acid groups (broad SMARTS) is 1. The number of imidazole rings is 1. The van der Waals surface area contributed by atoms with E-state index >= 15 is 0 Å². The molecule has 2 aromatic heterocycles. The van der Waals surface area contributed by atoms with E-state index in [0.29, 0.717) is 5.52 Å². The first-order valence-corrected chi connectivity index (χ1v) is 3.70. The van der Waals surface area contributed by atoms with Gasteiger partial charge in [0, 0.05) is 13.2 Å². The molecule has 66 valence electrons. The maximum atomic E-state index is 10.7. The first kappa shape index (κ1) is 7.72. The quantitative estimate of drug-likeness (QED) is 0.695. The second-order valence-corrected chi connectivity index (χ2v) is 2.66. The summed E-state index contributed by atoms with van der Waals surface area (Å²) in [4.78, 5) is 18.5. The molecule has 0 aliphatic heterocycles. The lowest BCUT2D eigenvalue weighted by Gasteiger charge is -1.94. The Balaban J connectivity index is 2.81. The van der Waals surface area contributed by atoms with Gasteiger partial charge >= 0.3 is 5.97 Å². The number of nitrogens with zero attached hydrogens (tertiary/aromatic N) is 3. The zero-order chi connectivity index (χ0) is 9.42. The lowest BCUT2D eigenvalue weighted by atomic mass is 10.4. The SMILES string of the molecule is Cn1c(C(=O)O)nc2ccncc21. The molecule has 0 atom stereocenters. The highest BCUT2D eigenvalue weighted by molar-refractivity contribution is 5.89. The summed E-state index contributed by atoms with van der Waals surface area (Å²) in [6.07, 6.45) is 3.18. The van der Waals surface area contributed by atoms with Crippen LogP contribution in [0.1, 0.15) is 10.6 Å². The molecule has 0 unspecified atom stereocenters. The van der Waals surface area contributed by atoms with Crippen LogP contribution in [0.5, 0.6) is 0 Å². The van der Waals surface area contributed by atoms with E-state index < -0.39 is 5.97 Å². The van der Waals surface area contributed by atoms with Gasteiger partial charge in [-0.25, -0.2) is 9.78 Å². The molecule has 0 aromatic carbocycles. The van der Waals surface area contributed by atoms with Crippen LogP contribution in [0.25, 0.3) is 11.0 Å². The summed E-state index contributed by atoms with van der Waals surface area (Å²) in [5, 5.41) is 8.76. The Morgan fingerprint density at radius 1 is 1.62 bits per heavy atom. The fourth-order valence-electron chi connectivity index (χ4n) is 1.23. The van der Waals surface area contributed by atoms with E-state index in [-0.39, 0.29) is 5.82 Å². The predicted octanol–water partition coefficient (Wildman–Crippen LogP) is 0.667. The van der Waals surface area contributed by atoms with Crippen molar-refractivity contribution in [1.82, 2.24) is 14.5 Å². The highest BCUT2D eigenvalue weighted by Gasteiger charge is 2.12.